The lowest BCUT2D eigenvalue weighted by molar-refractivity contribution is 0.0472. The maximum absolute atomic E-state index is 6.01. The zero-order valence-electron chi connectivity index (χ0n) is 10.1. The maximum Gasteiger partial charge on any atom is 0.0429 e. The highest BCUT2D eigenvalue weighted by Gasteiger charge is 2.41. The van der Waals surface area contributed by atoms with E-state index >= 15 is 0 Å². The number of hydrogen-bond donors (Lipinski definition) is 1. The van der Waals surface area contributed by atoms with E-state index in [1.807, 2.05) is 0 Å². The fourth-order valence-corrected chi connectivity index (χ4v) is 4.22. The van der Waals surface area contributed by atoms with Gasteiger partial charge in [0.15, 0.2) is 0 Å². The van der Waals surface area contributed by atoms with Crippen LogP contribution in [0.2, 0.25) is 0 Å². The van der Waals surface area contributed by atoms with E-state index < -0.39 is 0 Å². The van der Waals surface area contributed by atoms with Gasteiger partial charge in [-0.25, -0.2) is 0 Å². The number of hydrogen-bond acceptors (Lipinski definition) is 3. The number of likely N-dealkylation sites (tertiary alicyclic amines) is 1. The second-order valence-electron chi connectivity index (χ2n) is 5.88. The van der Waals surface area contributed by atoms with Crippen molar-refractivity contribution in [3.8, 4) is 0 Å². The fraction of sp³-hybridized carbons (Fsp3) is 1.00. The lowest BCUT2D eigenvalue weighted by Crippen LogP contribution is -2.57. The van der Waals surface area contributed by atoms with Crippen molar-refractivity contribution < 1.29 is 0 Å². The van der Waals surface area contributed by atoms with Crippen molar-refractivity contribution in [3.05, 3.63) is 0 Å². The standard InChI is InChI=1S/C12H24N2S/c1-11(2)3-6-14(7-4-11)12(9-13)5-8-15-10-12/h3-10,13H2,1-2H3. The third-order valence-corrected chi connectivity index (χ3v) is 5.48. The molecule has 0 bridgehead atoms. The van der Waals surface area contributed by atoms with E-state index in [4.69, 9.17) is 5.73 Å². The zero-order valence-corrected chi connectivity index (χ0v) is 10.9. The summed E-state index contributed by atoms with van der Waals surface area (Å²) in [5.41, 5.74) is 6.91. The summed E-state index contributed by atoms with van der Waals surface area (Å²) >= 11 is 2.08. The molecule has 0 amide bonds. The van der Waals surface area contributed by atoms with Gasteiger partial charge in [-0.05, 0) is 43.5 Å². The van der Waals surface area contributed by atoms with Gasteiger partial charge in [-0.15, -0.1) is 0 Å². The molecular weight excluding hydrogens is 204 g/mol. The van der Waals surface area contributed by atoms with E-state index in [1.165, 1.54) is 43.9 Å². The highest BCUT2D eigenvalue weighted by atomic mass is 32.2. The van der Waals surface area contributed by atoms with E-state index in [0.717, 1.165) is 6.54 Å². The smallest absolute Gasteiger partial charge is 0.0429 e. The summed E-state index contributed by atoms with van der Waals surface area (Å²) in [6.45, 7) is 8.14. The highest BCUT2D eigenvalue weighted by molar-refractivity contribution is 7.99. The van der Waals surface area contributed by atoms with Crippen LogP contribution in [-0.2, 0) is 0 Å². The molecule has 2 saturated heterocycles. The molecule has 15 heavy (non-hydrogen) atoms. The molecular formula is C12H24N2S. The average molecular weight is 228 g/mol. The van der Waals surface area contributed by atoms with Gasteiger partial charge >= 0.3 is 0 Å². The van der Waals surface area contributed by atoms with Gasteiger partial charge in [-0.3, -0.25) is 4.90 Å². The monoisotopic (exact) mass is 228 g/mol. The lowest BCUT2D eigenvalue weighted by Gasteiger charge is -2.46. The Bertz CT molecular complexity index is 212. The predicted octanol–water partition coefficient (Wildman–Crippen LogP) is 1.94. The minimum atomic E-state index is 0.348. The molecule has 2 nitrogen and oxygen atoms in total. The molecule has 1 unspecified atom stereocenters. The van der Waals surface area contributed by atoms with E-state index in [-0.39, 0.29) is 0 Å². The SMILES string of the molecule is CC1(C)CCN(C2(CN)CCSC2)CC1. The Balaban J connectivity index is 1.99. The van der Waals surface area contributed by atoms with Crippen molar-refractivity contribution in [2.45, 2.75) is 38.6 Å². The first-order valence-corrected chi connectivity index (χ1v) is 7.26. The molecule has 0 aromatic rings. The molecule has 0 saturated carbocycles. The molecule has 3 heteroatoms. The highest BCUT2D eigenvalue weighted by Crippen LogP contribution is 2.38. The Morgan fingerprint density at radius 3 is 2.33 bits per heavy atom. The van der Waals surface area contributed by atoms with Gasteiger partial charge < -0.3 is 5.73 Å². The van der Waals surface area contributed by atoms with Gasteiger partial charge in [0, 0.05) is 17.8 Å². The van der Waals surface area contributed by atoms with E-state index in [9.17, 15) is 0 Å². The summed E-state index contributed by atoms with van der Waals surface area (Å²) in [7, 11) is 0. The first-order valence-electron chi connectivity index (χ1n) is 6.11. The fourth-order valence-electron chi connectivity index (χ4n) is 2.72. The minimum absolute atomic E-state index is 0.348. The molecule has 2 N–H and O–H groups in total. The Morgan fingerprint density at radius 1 is 1.20 bits per heavy atom. The van der Waals surface area contributed by atoms with Gasteiger partial charge in [0.05, 0.1) is 0 Å². The molecule has 2 rings (SSSR count). The van der Waals surface area contributed by atoms with Crippen LogP contribution in [0.3, 0.4) is 0 Å². The van der Waals surface area contributed by atoms with Crippen molar-refractivity contribution >= 4 is 11.8 Å². The molecule has 0 aromatic heterocycles. The average Bonchev–Trinajstić information content (AvgIpc) is 2.67. The zero-order chi connectivity index (χ0) is 10.9. The van der Waals surface area contributed by atoms with E-state index in [1.54, 1.807) is 0 Å². The molecule has 2 heterocycles. The number of nitrogens with zero attached hydrogens (tertiary/aromatic N) is 1. The summed E-state index contributed by atoms with van der Waals surface area (Å²) in [4.78, 5) is 2.68. The first kappa shape index (κ1) is 11.7. The van der Waals surface area contributed by atoms with Crippen LogP contribution in [0.1, 0.15) is 33.1 Å². The van der Waals surface area contributed by atoms with E-state index in [2.05, 4.69) is 30.5 Å². The summed E-state index contributed by atoms with van der Waals surface area (Å²) in [6, 6.07) is 0. The topological polar surface area (TPSA) is 29.3 Å². The summed E-state index contributed by atoms with van der Waals surface area (Å²) in [5.74, 6) is 2.56. The summed E-state index contributed by atoms with van der Waals surface area (Å²) in [6.07, 6.45) is 3.97. The second-order valence-corrected chi connectivity index (χ2v) is 6.99. The van der Waals surface area contributed by atoms with Crippen molar-refractivity contribution in [2.24, 2.45) is 11.1 Å². The molecule has 88 valence electrons. The van der Waals surface area contributed by atoms with Crippen LogP contribution in [0.25, 0.3) is 0 Å². The van der Waals surface area contributed by atoms with Gasteiger partial charge in [0.25, 0.3) is 0 Å². The maximum atomic E-state index is 6.01. The third-order valence-electron chi connectivity index (χ3n) is 4.25. The van der Waals surface area contributed by atoms with Gasteiger partial charge in [-0.1, -0.05) is 13.8 Å². The lowest BCUT2D eigenvalue weighted by atomic mass is 9.80. The number of piperidine rings is 1. The Kier molecular flexibility index (Phi) is 3.34. The molecule has 0 aliphatic carbocycles. The quantitative estimate of drug-likeness (QED) is 0.783. The Labute approximate surface area is 98.0 Å². The van der Waals surface area contributed by atoms with Crippen LogP contribution in [-0.4, -0.2) is 41.6 Å². The Morgan fingerprint density at radius 2 is 1.87 bits per heavy atom. The Hall–Kier alpha value is 0.270. The van der Waals surface area contributed by atoms with Crippen LogP contribution in [0, 0.1) is 5.41 Å². The summed E-state index contributed by atoms with van der Waals surface area (Å²) < 4.78 is 0. The van der Waals surface area contributed by atoms with Gasteiger partial charge in [-0.2, -0.15) is 11.8 Å². The van der Waals surface area contributed by atoms with Crippen LogP contribution in [0.4, 0.5) is 0 Å². The van der Waals surface area contributed by atoms with Crippen LogP contribution in [0.5, 0.6) is 0 Å². The van der Waals surface area contributed by atoms with Crippen LogP contribution in [0.15, 0.2) is 0 Å². The van der Waals surface area contributed by atoms with Crippen LogP contribution < -0.4 is 5.73 Å². The van der Waals surface area contributed by atoms with Crippen molar-refractivity contribution in [3.63, 3.8) is 0 Å². The van der Waals surface area contributed by atoms with Crippen molar-refractivity contribution in [2.75, 3.05) is 31.1 Å². The van der Waals surface area contributed by atoms with E-state index in [0.29, 0.717) is 11.0 Å². The third kappa shape index (κ3) is 2.34. The van der Waals surface area contributed by atoms with Crippen molar-refractivity contribution in [1.29, 1.82) is 0 Å². The molecule has 0 spiro atoms. The molecule has 1 atom stereocenters. The number of nitrogens with two attached hydrogens (primary N) is 1. The molecule has 2 aliphatic heterocycles. The number of thioether (sulfide) groups is 1. The predicted molar refractivity (Wildman–Crippen MR) is 68.3 cm³/mol. The largest absolute Gasteiger partial charge is 0.329 e. The molecule has 0 radical (unpaired) electrons. The first-order chi connectivity index (χ1) is 7.08. The van der Waals surface area contributed by atoms with Gasteiger partial charge in [0.2, 0.25) is 0 Å². The number of rotatable bonds is 2. The van der Waals surface area contributed by atoms with Gasteiger partial charge in [0.1, 0.15) is 0 Å². The molecule has 2 fully saturated rings. The van der Waals surface area contributed by atoms with Crippen LogP contribution >= 0.6 is 11.8 Å². The normalized spacial score (nSPS) is 37.0. The molecule has 2 aliphatic rings. The minimum Gasteiger partial charge on any atom is -0.329 e. The second kappa shape index (κ2) is 4.27. The summed E-state index contributed by atoms with van der Waals surface area (Å²) in [5, 5.41) is 0. The van der Waals surface area contributed by atoms with Crippen molar-refractivity contribution in [1.82, 2.24) is 4.90 Å². The molecule has 0 aromatic carbocycles.